The third-order valence-corrected chi connectivity index (χ3v) is 10.0. The molecule has 7 nitrogen and oxygen atoms in total. The fourth-order valence-electron chi connectivity index (χ4n) is 4.88. The van der Waals surface area contributed by atoms with Crippen LogP contribution < -0.4 is 4.90 Å². The van der Waals surface area contributed by atoms with Gasteiger partial charge in [0.1, 0.15) is 0 Å². The highest BCUT2D eigenvalue weighted by atomic mass is 32.2. The molecular weight excluding hydrogens is 480 g/mol. The Kier molecular flexibility index (Phi) is 6.83. The number of aryl methyl sites for hydroxylation is 1. The Balaban J connectivity index is 1.22. The predicted octanol–water partition coefficient (Wildman–Crippen LogP) is 4.24. The van der Waals surface area contributed by atoms with Gasteiger partial charge in [0.2, 0.25) is 10.0 Å². The van der Waals surface area contributed by atoms with Crippen molar-refractivity contribution < 1.29 is 13.2 Å². The zero-order chi connectivity index (χ0) is 24.6. The molecule has 0 N–H and O–H groups in total. The van der Waals surface area contributed by atoms with Gasteiger partial charge >= 0.3 is 0 Å². The van der Waals surface area contributed by atoms with Gasteiger partial charge in [-0.1, -0.05) is 31.3 Å². The van der Waals surface area contributed by atoms with Crippen LogP contribution in [0.1, 0.15) is 42.6 Å². The van der Waals surface area contributed by atoms with Crippen LogP contribution in [-0.4, -0.2) is 67.8 Å². The summed E-state index contributed by atoms with van der Waals surface area (Å²) < 4.78 is 28.8. The van der Waals surface area contributed by atoms with Crippen LogP contribution in [0.15, 0.2) is 47.4 Å². The maximum atomic E-state index is 13.1. The highest BCUT2D eigenvalue weighted by molar-refractivity contribution is 7.89. The number of sulfonamides is 1. The highest BCUT2D eigenvalue weighted by Crippen LogP contribution is 2.30. The standard InChI is InChI=1S/C26H32N4O3S2/c1-3-20-6-11-23-24(17-20)34-26(27-23)29-15-13-28(14-16-29)25(31)21-7-9-22(10-8-21)35(32,33)30-12-4-5-19(2)18-30/h6-11,17,19H,3-5,12-16,18H2,1-2H3. The van der Waals surface area contributed by atoms with Crippen molar-refractivity contribution in [2.75, 3.05) is 44.2 Å². The minimum absolute atomic E-state index is 0.0583. The molecule has 9 heteroatoms. The molecule has 3 heterocycles. The van der Waals surface area contributed by atoms with Crippen LogP contribution in [0, 0.1) is 5.92 Å². The zero-order valence-corrected chi connectivity index (χ0v) is 21.9. The molecule has 1 unspecified atom stereocenters. The van der Waals surface area contributed by atoms with Crippen molar-refractivity contribution in [2.45, 2.75) is 38.0 Å². The van der Waals surface area contributed by atoms with E-state index in [0.717, 1.165) is 43.0 Å². The molecule has 186 valence electrons. The second-order valence-electron chi connectivity index (χ2n) is 9.57. The van der Waals surface area contributed by atoms with Crippen LogP contribution in [0.4, 0.5) is 5.13 Å². The van der Waals surface area contributed by atoms with Crippen LogP contribution in [0.25, 0.3) is 10.2 Å². The summed E-state index contributed by atoms with van der Waals surface area (Å²) in [4.78, 5) is 22.2. The lowest BCUT2D eigenvalue weighted by molar-refractivity contribution is 0.0746. The zero-order valence-electron chi connectivity index (χ0n) is 20.3. The summed E-state index contributed by atoms with van der Waals surface area (Å²) in [5, 5.41) is 1.00. The maximum Gasteiger partial charge on any atom is 0.253 e. The number of piperidine rings is 1. The normalized spacial score (nSPS) is 19.9. The summed E-state index contributed by atoms with van der Waals surface area (Å²) in [6.07, 6.45) is 2.96. The molecule has 2 fully saturated rings. The van der Waals surface area contributed by atoms with Crippen LogP contribution in [0.5, 0.6) is 0 Å². The number of piperazine rings is 1. The van der Waals surface area contributed by atoms with Crippen molar-refractivity contribution in [1.29, 1.82) is 0 Å². The molecule has 1 atom stereocenters. The summed E-state index contributed by atoms with van der Waals surface area (Å²) in [6.45, 7) is 8.04. The molecule has 2 aromatic carbocycles. The molecule has 0 aliphatic carbocycles. The van der Waals surface area contributed by atoms with Gasteiger partial charge in [-0.15, -0.1) is 0 Å². The number of carbonyl (C=O) groups excluding carboxylic acids is 1. The van der Waals surface area contributed by atoms with Crippen molar-refractivity contribution in [1.82, 2.24) is 14.2 Å². The lowest BCUT2D eigenvalue weighted by Gasteiger charge is -2.34. The minimum Gasteiger partial charge on any atom is -0.345 e. The summed E-state index contributed by atoms with van der Waals surface area (Å²) in [5.41, 5.74) is 2.86. The van der Waals surface area contributed by atoms with Gasteiger partial charge in [-0.3, -0.25) is 4.79 Å². The molecule has 0 saturated carbocycles. The molecule has 35 heavy (non-hydrogen) atoms. The Morgan fingerprint density at radius 1 is 1.06 bits per heavy atom. The van der Waals surface area contributed by atoms with E-state index >= 15 is 0 Å². The second kappa shape index (κ2) is 9.87. The fourth-order valence-corrected chi connectivity index (χ4v) is 7.56. The van der Waals surface area contributed by atoms with Crippen LogP contribution in [0.2, 0.25) is 0 Å². The molecule has 2 aliphatic heterocycles. The van der Waals surface area contributed by atoms with Gasteiger partial charge in [0.05, 0.1) is 15.1 Å². The first-order valence-electron chi connectivity index (χ1n) is 12.4. The number of carbonyl (C=O) groups is 1. The van der Waals surface area contributed by atoms with E-state index in [2.05, 4.69) is 36.9 Å². The molecule has 0 bridgehead atoms. The number of amides is 1. The Morgan fingerprint density at radius 3 is 2.49 bits per heavy atom. The van der Waals surface area contributed by atoms with Crippen molar-refractivity contribution in [3.05, 3.63) is 53.6 Å². The van der Waals surface area contributed by atoms with E-state index in [-0.39, 0.29) is 10.8 Å². The number of anilines is 1. The Morgan fingerprint density at radius 2 is 1.80 bits per heavy atom. The number of thiazole rings is 1. The van der Waals surface area contributed by atoms with E-state index < -0.39 is 10.0 Å². The summed E-state index contributed by atoms with van der Waals surface area (Å²) in [7, 11) is -3.52. The van der Waals surface area contributed by atoms with Gasteiger partial charge in [-0.25, -0.2) is 13.4 Å². The number of aromatic nitrogens is 1. The number of fused-ring (bicyclic) bond motifs is 1. The Labute approximate surface area is 211 Å². The lowest BCUT2D eigenvalue weighted by Crippen LogP contribution is -2.48. The van der Waals surface area contributed by atoms with Gasteiger partial charge in [-0.05, 0) is 67.1 Å². The molecule has 1 amide bonds. The minimum atomic E-state index is -3.52. The van der Waals surface area contributed by atoms with Crippen molar-refractivity contribution >= 4 is 42.6 Å². The average molecular weight is 513 g/mol. The molecule has 0 radical (unpaired) electrons. The molecule has 0 spiro atoms. The van der Waals surface area contributed by atoms with Crippen molar-refractivity contribution in [2.24, 2.45) is 5.92 Å². The first-order chi connectivity index (χ1) is 16.8. The second-order valence-corrected chi connectivity index (χ2v) is 12.5. The van der Waals surface area contributed by atoms with E-state index in [1.165, 1.54) is 10.3 Å². The van der Waals surface area contributed by atoms with E-state index in [0.29, 0.717) is 37.7 Å². The van der Waals surface area contributed by atoms with Gasteiger partial charge in [-0.2, -0.15) is 4.31 Å². The first-order valence-corrected chi connectivity index (χ1v) is 14.6. The van der Waals surface area contributed by atoms with E-state index in [9.17, 15) is 13.2 Å². The SMILES string of the molecule is CCc1ccc2nc(N3CCN(C(=O)c4ccc(S(=O)(=O)N5CCCC(C)C5)cc4)CC3)sc2c1. The smallest absolute Gasteiger partial charge is 0.253 e. The summed E-state index contributed by atoms with van der Waals surface area (Å²) in [6, 6.07) is 12.9. The fraction of sp³-hybridized carbons (Fsp3) is 0.462. The molecule has 2 saturated heterocycles. The van der Waals surface area contributed by atoms with Gasteiger partial charge in [0.25, 0.3) is 5.91 Å². The van der Waals surface area contributed by atoms with Gasteiger partial charge in [0.15, 0.2) is 5.13 Å². The third kappa shape index (κ3) is 4.94. The van der Waals surface area contributed by atoms with E-state index in [1.807, 2.05) is 4.90 Å². The van der Waals surface area contributed by atoms with Crippen LogP contribution in [-0.2, 0) is 16.4 Å². The molecular formula is C26H32N4O3S2. The van der Waals surface area contributed by atoms with Crippen molar-refractivity contribution in [3.63, 3.8) is 0 Å². The topological polar surface area (TPSA) is 73.8 Å². The number of nitrogens with zero attached hydrogens (tertiary/aromatic N) is 4. The third-order valence-electron chi connectivity index (χ3n) is 7.05. The number of benzene rings is 2. The average Bonchev–Trinajstić information content (AvgIpc) is 3.32. The Bertz CT molecular complexity index is 1310. The number of rotatable bonds is 5. The van der Waals surface area contributed by atoms with Gasteiger partial charge < -0.3 is 9.80 Å². The monoisotopic (exact) mass is 512 g/mol. The number of hydrogen-bond donors (Lipinski definition) is 0. The maximum absolute atomic E-state index is 13.1. The van der Waals surface area contributed by atoms with E-state index in [1.54, 1.807) is 39.9 Å². The van der Waals surface area contributed by atoms with Crippen LogP contribution >= 0.6 is 11.3 Å². The van der Waals surface area contributed by atoms with Crippen molar-refractivity contribution in [3.8, 4) is 0 Å². The first kappa shape index (κ1) is 24.2. The summed E-state index contributed by atoms with van der Waals surface area (Å²) in [5.74, 6) is 0.312. The highest BCUT2D eigenvalue weighted by Gasteiger charge is 2.29. The molecule has 3 aromatic rings. The number of hydrogen-bond acceptors (Lipinski definition) is 6. The van der Waals surface area contributed by atoms with E-state index in [4.69, 9.17) is 4.98 Å². The molecule has 2 aliphatic rings. The Hall–Kier alpha value is -2.49. The molecule has 5 rings (SSSR count). The quantitative estimate of drug-likeness (QED) is 0.511. The largest absolute Gasteiger partial charge is 0.345 e. The summed E-state index contributed by atoms with van der Waals surface area (Å²) >= 11 is 1.71. The van der Waals surface area contributed by atoms with Crippen LogP contribution in [0.3, 0.4) is 0 Å². The molecule has 1 aromatic heterocycles. The lowest BCUT2D eigenvalue weighted by atomic mass is 10.0. The van der Waals surface area contributed by atoms with Gasteiger partial charge in [0, 0.05) is 44.8 Å². The predicted molar refractivity (Wildman–Crippen MR) is 141 cm³/mol.